The zero-order chi connectivity index (χ0) is 24.8. The molecule has 2 aliphatic heterocycles. The van der Waals surface area contributed by atoms with Gasteiger partial charge in [-0.3, -0.25) is 4.79 Å². The molecule has 0 spiro atoms. The van der Waals surface area contributed by atoms with Gasteiger partial charge in [-0.05, 0) is 78.6 Å². The van der Waals surface area contributed by atoms with Crippen LogP contribution in [0.1, 0.15) is 36.3 Å². The summed E-state index contributed by atoms with van der Waals surface area (Å²) in [6.45, 7) is 0. The van der Waals surface area contributed by atoms with E-state index < -0.39 is 11.9 Å². The average Bonchev–Trinajstić information content (AvgIpc) is 3.58. The summed E-state index contributed by atoms with van der Waals surface area (Å²) in [6.07, 6.45) is 5.03. The second-order valence-corrected chi connectivity index (χ2v) is 9.26. The van der Waals surface area contributed by atoms with Crippen LogP contribution >= 0.6 is 0 Å². The molecule has 1 N–H and O–H groups in total. The predicted molar refractivity (Wildman–Crippen MR) is 139 cm³/mol. The summed E-state index contributed by atoms with van der Waals surface area (Å²) in [5, 5.41) is 15.0. The van der Waals surface area contributed by atoms with Crippen molar-refractivity contribution in [3.8, 4) is 5.75 Å². The summed E-state index contributed by atoms with van der Waals surface area (Å²) in [6, 6.07) is 23.5. The fraction of sp³-hybridized carbons (Fsp3) is 0.207. The molecule has 3 aromatic rings. The Bertz CT molecular complexity index is 1410. The molecule has 1 amide bonds. The third-order valence-electron chi connectivity index (χ3n) is 7.26. The van der Waals surface area contributed by atoms with Gasteiger partial charge in [-0.2, -0.15) is 10.1 Å². The number of carbonyl (C=O) groups is 2. The number of rotatable bonds is 5. The Kier molecular flexibility index (Phi) is 5.33. The van der Waals surface area contributed by atoms with Gasteiger partial charge in [0.15, 0.2) is 5.71 Å². The summed E-state index contributed by atoms with van der Waals surface area (Å²) in [5.41, 5.74) is 4.69. The molecule has 2 heterocycles. The van der Waals surface area contributed by atoms with E-state index in [9.17, 15) is 14.7 Å². The quantitative estimate of drug-likeness (QED) is 0.499. The summed E-state index contributed by atoms with van der Waals surface area (Å²) >= 11 is 0. The Hall–Kier alpha value is -4.39. The number of fused-ring (bicyclic) bond motifs is 3. The van der Waals surface area contributed by atoms with Crippen molar-refractivity contribution in [2.45, 2.75) is 31.2 Å². The Balaban J connectivity index is 1.38. The first kappa shape index (κ1) is 22.1. The molecule has 7 nitrogen and oxygen atoms in total. The molecule has 0 saturated heterocycles. The molecule has 1 saturated carbocycles. The molecule has 6 rings (SSSR count). The van der Waals surface area contributed by atoms with Gasteiger partial charge in [-0.1, -0.05) is 30.7 Å². The first-order valence-corrected chi connectivity index (χ1v) is 12.1. The third-order valence-corrected chi connectivity index (χ3v) is 7.26. The van der Waals surface area contributed by atoms with E-state index in [2.05, 4.69) is 34.3 Å². The lowest BCUT2D eigenvalue weighted by molar-refractivity contribution is -0.129. The average molecular weight is 480 g/mol. The first-order valence-electron chi connectivity index (χ1n) is 12.1. The summed E-state index contributed by atoms with van der Waals surface area (Å²) in [7, 11) is 1.66. The van der Waals surface area contributed by atoms with E-state index in [1.807, 2.05) is 24.3 Å². The van der Waals surface area contributed by atoms with E-state index in [4.69, 9.17) is 4.74 Å². The zero-order valence-corrected chi connectivity index (χ0v) is 19.8. The normalized spacial score (nSPS) is 21.5. The van der Waals surface area contributed by atoms with Crippen LogP contribution in [0.25, 0.3) is 6.08 Å². The predicted octanol–water partition coefficient (Wildman–Crippen LogP) is 5.35. The largest absolute Gasteiger partial charge is 0.497 e. The molecule has 0 bridgehead atoms. The molecule has 36 heavy (non-hydrogen) atoms. The van der Waals surface area contributed by atoms with Crippen LogP contribution in [-0.4, -0.2) is 35.8 Å². The van der Waals surface area contributed by atoms with Gasteiger partial charge in [-0.25, -0.2) is 4.79 Å². The van der Waals surface area contributed by atoms with Crippen LogP contribution in [0, 0.1) is 0 Å². The van der Waals surface area contributed by atoms with Gasteiger partial charge in [0.25, 0.3) is 5.91 Å². The third kappa shape index (κ3) is 3.55. The molecule has 180 valence electrons. The van der Waals surface area contributed by atoms with Crippen molar-refractivity contribution in [1.29, 1.82) is 0 Å². The highest BCUT2D eigenvalue weighted by molar-refractivity contribution is 6.53. The maximum absolute atomic E-state index is 13.2. The van der Waals surface area contributed by atoms with Gasteiger partial charge >= 0.3 is 5.97 Å². The van der Waals surface area contributed by atoms with Gasteiger partial charge in [0.1, 0.15) is 5.75 Å². The van der Waals surface area contributed by atoms with Crippen molar-refractivity contribution in [3.63, 3.8) is 0 Å². The highest BCUT2D eigenvalue weighted by Gasteiger charge is 2.42. The number of anilines is 3. The second kappa shape index (κ2) is 8.68. The van der Waals surface area contributed by atoms with Crippen LogP contribution in [0.4, 0.5) is 17.1 Å². The van der Waals surface area contributed by atoms with Crippen molar-refractivity contribution in [3.05, 3.63) is 89.5 Å². The SMILES string of the molecule is COc1ccc(N2c3ccc(/C=C4\C(=O)N(c5ccccc5)N=C4C(=O)O)cc3C3CCCC32)cc1. The first-order chi connectivity index (χ1) is 17.5. The van der Waals surface area contributed by atoms with Crippen LogP contribution in [-0.2, 0) is 9.59 Å². The fourth-order valence-electron chi connectivity index (χ4n) is 5.66. The lowest BCUT2D eigenvalue weighted by atomic mass is 9.95. The minimum absolute atomic E-state index is 0.0827. The Labute approximate surface area is 208 Å². The molecular weight excluding hydrogens is 454 g/mol. The van der Waals surface area contributed by atoms with Crippen molar-refractivity contribution < 1.29 is 19.4 Å². The van der Waals surface area contributed by atoms with Gasteiger partial charge in [0.2, 0.25) is 0 Å². The summed E-state index contributed by atoms with van der Waals surface area (Å²) in [5.74, 6) is -0.452. The Morgan fingerprint density at radius 1 is 1.03 bits per heavy atom. The Morgan fingerprint density at radius 2 is 1.81 bits per heavy atom. The molecule has 2 unspecified atom stereocenters. The number of carboxylic acid groups (broad SMARTS) is 1. The number of hydrazone groups is 1. The Morgan fingerprint density at radius 3 is 2.53 bits per heavy atom. The lowest BCUT2D eigenvalue weighted by Crippen LogP contribution is -2.26. The molecule has 2 atom stereocenters. The van der Waals surface area contributed by atoms with Gasteiger partial charge in [0.05, 0.1) is 18.4 Å². The molecule has 0 radical (unpaired) electrons. The number of carbonyl (C=O) groups excluding carboxylic acids is 1. The van der Waals surface area contributed by atoms with E-state index in [0.717, 1.165) is 47.0 Å². The van der Waals surface area contributed by atoms with Crippen LogP contribution in [0.5, 0.6) is 5.75 Å². The van der Waals surface area contributed by atoms with Crippen LogP contribution in [0.3, 0.4) is 0 Å². The number of para-hydroxylation sites is 1. The fourth-order valence-corrected chi connectivity index (χ4v) is 5.66. The van der Waals surface area contributed by atoms with Crippen molar-refractivity contribution >= 4 is 40.7 Å². The van der Waals surface area contributed by atoms with Crippen molar-refractivity contribution in [2.75, 3.05) is 17.0 Å². The van der Waals surface area contributed by atoms with Crippen LogP contribution < -0.4 is 14.6 Å². The highest BCUT2D eigenvalue weighted by Crippen LogP contribution is 2.52. The van der Waals surface area contributed by atoms with E-state index >= 15 is 0 Å². The standard InChI is InChI=1S/C29H25N3O4/c1-36-21-13-11-19(12-14-21)31-25-9-5-8-22(25)23-16-18(10-15-26(23)31)17-24-27(29(34)35)30-32(28(24)33)20-6-3-2-4-7-20/h2-4,6-7,10-17,22,25H,5,8-9H2,1H3,(H,34,35)/b24-17-. The molecule has 0 aromatic heterocycles. The van der Waals surface area contributed by atoms with E-state index in [0.29, 0.717) is 17.6 Å². The van der Waals surface area contributed by atoms with Gasteiger partial charge in [-0.15, -0.1) is 0 Å². The van der Waals surface area contributed by atoms with E-state index in [1.54, 1.807) is 37.5 Å². The maximum atomic E-state index is 13.2. The number of methoxy groups -OCH3 is 1. The van der Waals surface area contributed by atoms with E-state index in [1.165, 1.54) is 5.56 Å². The molecule has 1 aliphatic carbocycles. The minimum atomic E-state index is -1.23. The van der Waals surface area contributed by atoms with Crippen LogP contribution in [0.2, 0.25) is 0 Å². The number of carboxylic acids is 1. The van der Waals surface area contributed by atoms with E-state index in [-0.39, 0.29) is 11.3 Å². The van der Waals surface area contributed by atoms with Crippen molar-refractivity contribution in [2.24, 2.45) is 5.10 Å². The highest BCUT2D eigenvalue weighted by atomic mass is 16.5. The summed E-state index contributed by atoms with van der Waals surface area (Å²) in [4.78, 5) is 27.5. The lowest BCUT2D eigenvalue weighted by Gasteiger charge is -2.27. The smallest absolute Gasteiger partial charge is 0.357 e. The van der Waals surface area contributed by atoms with Crippen LogP contribution in [0.15, 0.2) is 83.5 Å². The molecule has 3 aromatic carbocycles. The molecular formula is C29H25N3O4. The number of ether oxygens (including phenoxy) is 1. The summed E-state index contributed by atoms with van der Waals surface area (Å²) < 4.78 is 5.33. The topological polar surface area (TPSA) is 82.4 Å². The molecule has 3 aliphatic rings. The minimum Gasteiger partial charge on any atom is -0.497 e. The number of amides is 1. The number of aliphatic carboxylic acids is 1. The number of hydrogen-bond donors (Lipinski definition) is 1. The zero-order valence-electron chi connectivity index (χ0n) is 19.8. The molecule has 1 fully saturated rings. The molecule has 7 heteroatoms. The monoisotopic (exact) mass is 479 g/mol. The second-order valence-electron chi connectivity index (χ2n) is 9.26. The number of nitrogens with zero attached hydrogens (tertiary/aromatic N) is 3. The maximum Gasteiger partial charge on any atom is 0.357 e. The van der Waals surface area contributed by atoms with Gasteiger partial charge < -0.3 is 14.7 Å². The van der Waals surface area contributed by atoms with Gasteiger partial charge in [0, 0.05) is 23.3 Å². The van der Waals surface area contributed by atoms with Crippen molar-refractivity contribution in [1.82, 2.24) is 0 Å². The number of benzene rings is 3. The number of hydrogen-bond acceptors (Lipinski definition) is 5.